The van der Waals surface area contributed by atoms with Crippen LogP contribution in [0, 0.1) is 0 Å². The molecule has 0 radical (unpaired) electrons. The van der Waals surface area contributed by atoms with Gasteiger partial charge in [-0.05, 0) is 30.7 Å². The number of carbonyl (C=O) groups is 2. The fourth-order valence-electron chi connectivity index (χ4n) is 2.91. The molecular formula is C20H20ClN3O2. The van der Waals surface area contributed by atoms with Crippen LogP contribution in [0.15, 0.2) is 54.7 Å². The lowest BCUT2D eigenvalue weighted by Gasteiger charge is -2.18. The second kappa shape index (κ2) is 8.06. The van der Waals surface area contributed by atoms with Crippen molar-refractivity contribution >= 4 is 34.3 Å². The second-order valence-electron chi connectivity index (χ2n) is 5.96. The van der Waals surface area contributed by atoms with E-state index >= 15 is 0 Å². The highest BCUT2D eigenvalue weighted by atomic mass is 35.5. The van der Waals surface area contributed by atoms with E-state index < -0.39 is 6.04 Å². The molecule has 1 atom stereocenters. The van der Waals surface area contributed by atoms with E-state index in [1.54, 1.807) is 24.3 Å². The third kappa shape index (κ3) is 3.89. The van der Waals surface area contributed by atoms with Crippen LogP contribution in [-0.4, -0.2) is 29.4 Å². The molecule has 0 fully saturated rings. The predicted molar refractivity (Wildman–Crippen MR) is 103 cm³/mol. The maximum Gasteiger partial charge on any atom is 0.253 e. The Morgan fingerprint density at radius 3 is 2.62 bits per heavy atom. The van der Waals surface area contributed by atoms with E-state index in [4.69, 9.17) is 11.6 Å². The summed E-state index contributed by atoms with van der Waals surface area (Å²) in [6.07, 6.45) is 2.25. The zero-order chi connectivity index (χ0) is 18.5. The quantitative estimate of drug-likeness (QED) is 0.623. The number of carbonyl (C=O) groups excluding carboxylic acids is 2. The van der Waals surface area contributed by atoms with Crippen LogP contribution in [0.25, 0.3) is 10.9 Å². The van der Waals surface area contributed by atoms with Gasteiger partial charge >= 0.3 is 0 Å². The molecule has 2 aromatic carbocycles. The molecule has 1 aromatic heterocycles. The minimum atomic E-state index is -0.696. The number of hydrogen-bond acceptors (Lipinski definition) is 2. The van der Waals surface area contributed by atoms with Gasteiger partial charge in [0, 0.05) is 30.1 Å². The van der Waals surface area contributed by atoms with E-state index in [1.165, 1.54) is 0 Å². The van der Waals surface area contributed by atoms with E-state index in [2.05, 4.69) is 15.6 Å². The topological polar surface area (TPSA) is 74.0 Å². The molecular weight excluding hydrogens is 350 g/mol. The minimum Gasteiger partial charge on any atom is -0.361 e. The summed E-state index contributed by atoms with van der Waals surface area (Å²) < 4.78 is 0. The van der Waals surface area contributed by atoms with Crippen LogP contribution in [-0.2, 0) is 11.2 Å². The molecule has 134 valence electrons. The van der Waals surface area contributed by atoms with Crippen LogP contribution in [0.2, 0.25) is 5.02 Å². The van der Waals surface area contributed by atoms with Crippen molar-refractivity contribution in [1.29, 1.82) is 0 Å². The smallest absolute Gasteiger partial charge is 0.253 e. The van der Waals surface area contributed by atoms with Gasteiger partial charge in [0.05, 0.1) is 10.6 Å². The third-order valence-electron chi connectivity index (χ3n) is 4.19. The van der Waals surface area contributed by atoms with Crippen LogP contribution in [0.3, 0.4) is 0 Å². The number of hydrogen-bond donors (Lipinski definition) is 3. The molecule has 0 saturated heterocycles. The van der Waals surface area contributed by atoms with Gasteiger partial charge in [-0.1, -0.05) is 41.9 Å². The normalized spacial score (nSPS) is 11.9. The first-order valence-electron chi connectivity index (χ1n) is 8.48. The standard InChI is InChI=1S/C20H20ClN3O2/c1-2-22-20(26)18(24-19(25)15-8-3-5-9-16(15)21)11-13-12-23-17-10-6-4-7-14(13)17/h3-10,12,18,23H,2,11H2,1H3,(H,22,26)(H,24,25)/t18-/m1/s1. The van der Waals surface area contributed by atoms with Crippen molar-refractivity contribution < 1.29 is 9.59 Å². The van der Waals surface area contributed by atoms with E-state index in [0.717, 1.165) is 16.5 Å². The Bertz CT molecular complexity index is 935. The number of halogens is 1. The Hall–Kier alpha value is -2.79. The largest absolute Gasteiger partial charge is 0.361 e. The minimum absolute atomic E-state index is 0.224. The van der Waals surface area contributed by atoms with Crippen LogP contribution >= 0.6 is 11.6 Å². The first kappa shape index (κ1) is 18.0. The summed E-state index contributed by atoms with van der Waals surface area (Å²) in [4.78, 5) is 28.3. The maximum absolute atomic E-state index is 12.6. The molecule has 0 saturated carbocycles. The lowest BCUT2D eigenvalue weighted by Crippen LogP contribution is -2.48. The molecule has 0 aliphatic carbocycles. The van der Waals surface area contributed by atoms with Crippen molar-refractivity contribution in [2.24, 2.45) is 0 Å². The summed E-state index contributed by atoms with van der Waals surface area (Å²) in [5.41, 5.74) is 2.31. The van der Waals surface area contributed by atoms with Crippen molar-refractivity contribution in [3.05, 3.63) is 70.9 Å². The van der Waals surface area contributed by atoms with Crippen molar-refractivity contribution in [3.8, 4) is 0 Å². The molecule has 2 amide bonds. The number of aromatic amines is 1. The summed E-state index contributed by atoms with van der Waals surface area (Å²) in [6.45, 7) is 2.34. The third-order valence-corrected chi connectivity index (χ3v) is 4.52. The average Bonchev–Trinajstić information content (AvgIpc) is 3.05. The summed E-state index contributed by atoms with van der Waals surface area (Å²) in [5.74, 6) is -0.593. The Morgan fingerprint density at radius 1 is 1.12 bits per heavy atom. The predicted octanol–water partition coefficient (Wildman–Crippen LogP) is 3.30. The number of aromatic nitrogens is 1. The molecule has 0 spiro atoms. The molecule has 5 nitrogen and oxygen atoms in total. The average molecular weight is 370 g/mol. The molecule has 3 rings (SSSR count). The number of benzene rings is 2. The Balaban J connectivity index is 1.84. The van der Waals surface area contributed by atoms with Crippen LogP contribution in [0.1, 0.15) is 22.8 Å². The van der Waals surface area contributed by atoms with Gasteiger partial charge < -0.3 is 15.6 Å². The number of likely N-dealkylation sites (N-methyl/N-ethyl adjacent to an activating group) is 1. The van der Waals surface area contributed by atoms with E-state index in [1.807, 2.05) is 37.4 Å². The highest BCUT2D eigenvalue weighted by Gasteiger charge is 2.23. The van der Waals surface area contributed by atoms with Crippen molar-refractivity contribution in [3.63, 3.8) is 0 Å². The van der Waals surface area contributed by atoms with E-state index in [9.17, 15) is 9.59 Å². The van der Waals surface area contributed by atoms with Gasteiger partial charge in [-0.15, -0.1) is 0 Å². The van der Waals surface area contributed by atoms with Gasteiger partial charge in [-0.2, -0.15) is 0 Å². The van der Waals surface area contributed by atoms with Gasteiger partial charge in [-0.3, -0.25) is 9.59 Å². The Morgan fingerprint density at radius 2 is 1.85 bits per heavy atom. The van der Waals surface area contributed by atoms with E-state index in [-0.39, 0.29) is 11.8 Å². The molecule has 3 aromatic rings. The highest BCUT2D eigenvalue weighted by molar-refractivity contribution is 6.33. The zero-order valence-electron chi connectivity index (χ0n) is 14.4. The SMILES string of the molecule is CCNC(=O)[C@@H](Cc1c[nH]c2ccccc12)NC(=O)c1ccccc1Cl. The van der Waals surface area contributed by atoms with Gasteiger partial charge in [-0.25, -0.2) is 0 Å². The molecule has 0 aliphatic heterocycles. The summed E-state index contributed by atoms with van der Waals surface area (Å²) in [6, 6.07) is 13.9. The fourth-order valence-corrected chi connectivity index (χ4v) is 3.13. The van der Waals surface area contributed by atoms with Crippen molar-refractivity contribution in [1.82, 2.24) is 15.6 Å². The first-order valence-corrected chi connectivity index (χ1v) is 8.86. The van der Waals surface area contributed by atoms with Crippen molar-refractivity contribution in [2.45, 2.75) is 19.4 Å². The van der Waals surface area contributed by atoms with Crippen LogP contribution in [0.4, 0.5) is 0 Å². The zero-order valence-corrected chi connectivity index (χ0v) is 15.1. The summed E-state index contributed by atoms with van der Waals surface area (Å²) in [5, 5.41) is 6.98. The molecule has 1 heterocycles. The van der Waals surface area contributed by atoms with E-state index in [0.29, 0.717) is 23.6 Å². The lowest BCUT2D eigenvalue weighted by atomic mass is 10.0. The summed E-state index contributed by atoms with van der Waals surface area (Å²) in [7, 11) is 0. The first-order chi connectivity index (χ1) is 12.6. The number of para-hydroxylation sites is 1. The molecule has 3 N–H and O–H groups in total. The number of H-pyrrole nitrogens is 1. The van der Waals surface area contributed by atoms with Crippen LogP contribution in [0.5, 0.6) is 0 Å². The fraction of sp³-hybridized carbons (Fsp3) is 0.200. The Kier molecular flexibility index (Phi) is 5.58. The van der Waals surface area contributed by atoms with Gasteiger partial charge in [0.2, 0.25) is 5.91 Å². The lowest BCUT2D eigenvalue weighted by molar-refractivity contribution is -0.122. The Labute approximate surface area is 156 Å². The molecule has 26 heavy (non-hydrogen) atoms. The van der Waals surface area contributed by atoms with Gasteiger partial charge in [0.15, 0.2) is 0 Å². The number of fused-ring (bicyclic) bond motifs is 1. The number of rotatable bonds is 6. The second-order valence-corrected chi connectivity index (χ2v) is 6.37. The molecule has 0 unspecified atom stereocenters. The highest BCUT2D eigenvalue weighted by Crippen LogP contribution is 2.20. The molecule has 6 heteroatoms. The maximum atomic E-state index is 12.6. The van der Waals surface area contributed by atoms with Crippen molar-refractivity contribution in [2.75, 3.05) is 6.54 Å². The van der Waals surface area contributed by atoms with Gasteiger partial charge in [0.1, 0.15) is 6.04 Å². The van der Waals surface area contributed by atoms with Crippen LogP contribution < -0.4 is 10.6 Å². The summed E-state index contributed by atoms with van der Waals surface area (Å²) >= 11 is 6.10. The van der Waals surface area contributed by atoms with Gasteiger partial charge in [0.25, 0.3) is 5.91 Å². The monoisotopic (exact) mass is 369 g/mol. The molecule has 0 bridgehead atoms. The molecule has 0 aliphatic rings. The number of amides is 2. The number of nitrogens with one attached hydrogen (secondary N) is 3.